The summed E-state index contributed by atoms with van der Waals surface area (Å²) in [7, 11) is 0. The van der Waals surface area contributed by atoms with Crippen molar-refractivity contribution in [2.24, 2.45) is 4.99 Å². The monoisotopic (exact) mass is 145 g/mol. The zero-order valence-corrected chi connectivity index (χ0v) is 5.77. The lowest BCUT2D eigenvalue weighted by Crippen LogP contribution is -1.95. The average molecular weight is 146 g/mol. The Hall–Kier alpha value is -0.500. The van der Waals surface area contributed by atoms with Crippen LogP contribution in [0.1, 0.15) is 6.42 Å². The highest BCUT2D eigenvalue weighted by Gasteiger charge is 2.02. The van der Waals surface area contributed by atoms with E-state index in [0.717, 1.165) is 25.5 Å². The molecule has 0 aromatic carbocycles. The number of rotatable bonds is 2. The van der Waals surface area contributed by atoms with Crippen molar-refractivity contribution >= 4 is 17.5 Å². The molecule has 0 spiro atoms. The molecule has 0 unspecified atom stereocenters. The Bertz CT molecular complexity index is 142. The topological polar surface area (TPSA) is 21.6 Å². The maximum Gasteiger partial charge on any atom is 0.187 e. The van der Waals surface area contributed by atoms with Crippen LogP contribution in [0, 0.1) is 0 Å². The number of hydrogen-bond acceptors (Lipinski definition) is 2. The Morgan fingerprint density at radius 3 is 3.22 bits per heavy atom. The zero-order chi connectivity index (χ0) is 6.53. The maximum atomic E-state index is 5.29. The summed E-state index contributed by atoms with van der Waals surface area (Å²) < 4.78 is 5.10. The van der Waals surface area contributed by atoms with Crippen molar-refractivity contribution in [1.29, 1.82) is 0 Å². The molecule has 0 amide bonds. The first-order valence-corrected chi connectivity index (χ1v) is 3.28. The Labute approximate surface area is 59.2 Å². The van der Waals surface area contributed by atoms with E-state index >= 15 is 0 Å². The van der Waals surface area contributed by atoms with E-state index in [2.05, 4.69) is 4.99 Å². The summed E-state index contributed by atoms with van der Waals surface area (Å²) in [6, 6.07) is 0. The second-order valence-electron chi connectivity index (χ2n) is 1.69. The van der Waals surface area contributed by atoms with Gasteiger partial charge in [0.25, 0.3) is 0 Å². The molecule has 0 bridgehead atoms. The molecule has 2 nitrogen and oxygen atoms in total. The third-order valence-electron chi connectivity index (χ3n) is 1.03. The molecule has 0 aliphatic carbocycles. The fourth-order valence-corrected chi connectivity index (χ4v) is 0.737. The molecule has 3 heteroatoms. The summed E-state index contributed by atoms with van der Waals surface area (Å²) >= 11 is 5.29. The predicted octanol–water partition coefficient (Wildman–Crippen LogP) is 1.56. The van der Waals surface area contributed by atoms with E-state index < -0.39 is 0 Å². The normalized spacial score (nSPS) is 18.1. The largest absolute Gasteiger partial charge is 0.479 e. The fourth-order valence-electron chi connectivity index (χ4n) is 0.648. The molecule has 0 aromatic rings. The summed E-state index contributed by atoms with van der Waals surface area (Å²) in [6.45, 7) is 1.52. The van der Waals surface area contributed by atoms with Crippen molar-refractivity contribution in [3.8, 4) is 0 Å². The smallest absolute Gasteiger partial charge is 0.187 e. The molecule has 0 N–H and O–H groups in total. The first kappa shape index (κ1) is 6.62. The fraction of sp³-hybridized carbons (Fsp3) is 0.500. The highest BCUT2D eigenvalue weighted by Crippen LogP contribution is 1.99. The van der Waals surface area contributed by atoms with Crippen LogP contribution in [0.4, 0.5) is 0 Å². The van der Waals surface area contributed by atoms with Gasteiger partial charge in [-0.3, -0.25) is 4.99 Å². The molecule has 0 atom stereocenters. The van der Waals surface area contributed by atoms with Gasteiger partial charge in [0.15, 0.2) is 5.90 Å². The van der Waals surface area contributed by atoms with Gasteiger partial charge in [-0.05, 0) is 0 Å². The molecular formula is C6H8ClNO. The molecule has 0 fully saturated rings. The van der Waals surface area contributed by atoms with Crippen molar-refractivity contribution in [2.75, 3.05) is 13.2 Å². The van der Waals surface area contributed by atoms with Crippen molar-refractivity contribution in [1.82, 2.24) is 0 Å². The zero-order valence-electron chi connectivity index (χ0n) is 5.01. The number of halogens is 1. The molecule has 0 radical (unpaired) electrons. The molecule has 9 heavy (non-hydrogen) atoms. The third kappa shape index (κ3) is 2.06. The predicted molar refractivity (Wildman–Crippen MR) is 37.9 cm³/mol. The van der Waals surface area contributed by atoms with E-state index in [9.17, 15) is 0 Å². The highest BCUT2D eigenvalue weighted by atomic mass is 35.5. The summed E-state index contributed by atoms with van der Waals surface area (Å²) in [5.41, 5.74) is 1.48. The second-order valence-corrected chi connectivity index (χ2v) is 1.94. The molecule has 0 aromatic heterocycles. The van der Waals surface area contributed by atoms with Gasteiger partial charge in [0.2, 0.25) is 0 Å². The molecule has 1 aliphatic rings. The quantitative estimate of drug-likeness (QED) is 0.578. The van der Waals surface area contributed by atoms with E-state index in [1.165, 1.54) is 5.54 Å². The van der Waals surface area contributed by atoms with Crippen molar-refractivity contribution in [3.05, 3.63) is 11.6 Å². The van der Waals surface area contributed by atoms with Crippen molar-refractivity contribution in [2.45, 2.75) is 6.42 Å². The Morgan fingerprint density at radius 1 is 1.78 bits per heavy atom. The molecule has 1 aliphatic heterocycles. The lowest BCUT2D eigenvalue weighted by Gasteiger charge is -1.93. The Morgan fingerprint density at radius 2 is 2.67 bits per heavy atom. The van der Waals surface area contributed by atoms with Crippen LogP contribution < -0.4 is 0 Å². The van der Waals surface area contributed by atoms with Crippen molar-refractivity contribution in [3.63, 3.8) is 0 Å². The van der Waals surface area contributed by atoms with Crippen LogP contribution >= 0.6 is 11.6 Å². The van der Waals surface area contributed by atoms with Gasteiger partial charge >= 0.3 is 0 Å². The van der Waals surface area contributed by atoms with Gasteiger partial charge in [-0.1, -0.05) is 17.7 Å². The third-order valence-corrected chi connectivity index (χ3v) is 1.21. The van der Waals surface area contributed by atoms with E-state index in [0.29, 0.717) is 0 Å². The van der Waals surface area contributed by atoms with Crippen molar-refractivity contribution < 1.29 is 4.74 Å². The minimum Gasteiger partial charge on any atom is -0.479 e. The van der Waals surface area contributed by atoms with Crippen LogP contribution in [-0.2, 0) is 4.74 Å². The SMILES string of the molecule is ClC=CCC1=NCCO1. The molecule has 1 rings (SSSR count). The second kappa shape index (κ2) is 3.51. The van der Waals surface area contributed by atoms with Crippen LogP contribution in [0.3, 0.4) is 0 Å². The van der Waals surface area contributed by atoms with Crippen LogP contribution in [-0.4, -0.2) is 19.0 Å². The van der Waals surface area contributed by atoms with Crippen LogP contribution in [0.15, 0.2) is 16.6 Å². The standard InChI is InChI=1S/C6H8ClNO/c7-3-1-2-6-8-4-5-9-6/h1,3H,2,4-5H2. The van der Waals surface area contributed by atoms with Crippen LogP contribution in [0.2, 0.25) is 0 Å². The summed E-state index contributed by atoms with van der Waals surface area (Å²) in [6.07, 6.45) is 2.54. The van der Waals surface area contributed by atoms with Gasteiger partial charge in [-0.25, -0.2) is 0 Å². The minimum absolute atomic E-state index is 0.726. The maximum absolute atomic E-state index is 5.29. The summed E-state index contributed by atoms with van der Waals surface area (Å²) in [5.74, 6) is 0.798. The molecular weight excluding hydrogens is 138 g/mol. The first-order chi connectivity index (χ1) is 4.43. The van der Waals surface area contributed by atoms with E-state index in [4.69, 9.17) is 16.3 Å². The summed E-state index contributed by atoms with van der Waals surface area (Å²) in [5, 5.41) is 0. The Kier molecular flexibility index (Phi) is 2.58. The number of aliphatic imine (C=N–C) groups is 1. The molecule has 50 valence electrons. The first-order valence-electron chi connectivity index (χ1n) is 2.85. The molecule has 0 saturated carbocycles. The van der Waals surface area contributed by atoms with Gasteiger partial charge < -0.3 is 4.74 Å². The average Bonchev–Trinajstić information content (AvgIpc) is 2.34. The van der Waals surface area contributed by atoms with Gasteiger partial charge in [0.1, 0.15) is 6.61 Å². The number of nitrogens with zero attached hydrogens (tertiary/aromatic N) is 1. The number of hydrogen-bond donors (Lipinski definition) is 0. The highest BCUT2D eigenvalue weighted by molar-refractivity contribution is 6.25. The van der Waals surface area contributed by atoms with Gasteiger partial charge in [0.05, 0.1) is 6.54 Å². The Balaban J connectivity index is 2.26. The number of ether oxygens (including phenoxy) is 1. The van der Waals surface area contributed by atoms with Gasteiger partial charge in [-0.2, -0.15) is 0 Å². The van der Waals surface area contributed by atoms with Gasteiger partial charge in [0, 0.05) is 12.0 Å². The lowest BCUT2D eigenvalue weighted by molar-refractivity contribution is 0.341. The van der Waals surface area contributed by atoms with Crippen LogP contribution in [0.25, 0.3) is 0 Å². The minimum atomic E-state index is 0.726. The van der Waals surface area contributed by atoms with Crippen LogP contribution in [0.5, 0.6) is 0 Å². The van der Waals surface area contributed by atoms with Gasteiger partial charge in [-0.15, -0.1) is 0 Å². The van der Waals surface area contributed by atoms with E-state index in [-0.39, 0.29) is 0 Å². The molecule has 0 saturated heterocycles. The lowest BCUT2D eigenvalue weighted by atomic mass is 10.4. The van der Waals surface area contributed by atoms with E-state index in [1.54, 1.807) is 0 Å². The van der Waals surface area contributed by atoms with E-state index in [1.807, 2.05) is 6.08 Å². The summed E-state index contributed by atoms with van der Waals surface area (Å²) in [4.78, 5) is 4.06. The molecule has 1 heterocycles.